The molecule has 1 amide bonds. The van der Waals surface area contributed by atoms with Gasteiger partial charge in [-0.25, -0.2) is 8.42 Å². The molecule has 3 aromatic rings. The number of rotatable bonds is 11. The molecule has 1 aromatic heterocycles. The summed E-state index contributed by atoms with van der Waals surface area (Å²) in [6.45, 7) is 3.85. The molecule has 1 atom stereocenters. The lowest BCUT2D eigenvalue weighted by Crippen LogP contribution is -2.35. The van der Waals surface area contributed by atoms with E-state index in [-0.39, 0.29) is 22.6 Å². The van der Waals surface area contributed by atoms with Gasteiger partial charge >= 0.3 is 0 Å². The maximum atomic E-state index is 12.9. The van der Waals surface area contributed by atoms with Crippen LogP contribution in [0.2, 0.25) is 0 Å². The van der Waals surface area contributed by atoms with Crippen LogP contribution < -0.4 is 5.32 Å². The first kappa shape index (κ1) is 28.3. The molecule has 2 heterocycles. The van der Waals surface area contributed by atoms with E-state index in [2.05, 4.69) is 44.0 Å². The Hall–Kier alpha value is -2.73. The van der Waals surface area contributed by atoms with E-state index in [0.29, 0.717) is 30.5 Å². The van der Waals surface area contributed by atoms with Crippen LogP contribution in [-0.2, 0) is 21.4 Å². The first-order valence-electron chi connectivity index (χ1n) is 13.0. The van der Waals surface area contributed by atoms with Gasteiger partial charge in [-0.1, -0.05) is 55.4 Å². The van der Waals surface area contributed by atoms with Gasteiger partial charge in [-0.15, -0.1) is 10.2 Å². The predicted octanol–water partition coefficient (Wildman–Crippen LogP) is 4.24. The first-order chi connectivity index (χ1) is 18.3. The number of nitrogens with one attached hydrogen (secondary N) is 1. The van der Waals surface area contributed by atoms with Crippen LogP contribution in [-0.4, -0.2) is 71.2 Å². The highest BCUT2D eigenvalue weighted by molar-refractivity contribution is 7.99. The summed E-state index contributed by atoms with van der Waals surface area (Å²) in [7, 11) is 0.551. The molecule has 0 spiro atoms. The Morgan fingerprint density at radius 3 is 2.34 bits per heavy atom. The Kier molecular flexibility index (Phi) is 9.59. The first-order valence-corrected chi connectivity index (χ1v) is 15.4. The fourth-order valence-corrected chi connectivity index (χ4v) is 6.90. The van der Waals surface area contributed by atoms with Crippen molar-refractivity contribution in [3.63, 3.8) is 0 Å². The minimum atomic E-state index is -3.50. The summed E-state index contributed by atoms with van der Waals surface area (Å²) >= 11 is 1.34. The Morgan fingerprint density at radius 1 is 1.03 bits per heavy atom. The van der Waals surface area contributed by atoms with E-state index in [0.717, 1.165) is 37.1 Å². The molecule has 1 fully saturated rings. The lowest BCUT2D eigenvalue weighted by atomic mass is 10.2. The molecule has 0 aliphatic carbocycles. The standard InChI is InChI=1S/C27H36N6O3S2/c1-4-24(31(2)3)26-29-30-27(33(26)19-21-11-7-5-8-12-21)37-20-25(34)28-22-13-15-23(16-14-22)38(35,36)32-17-9-6-10-18-32/h5,7-8,11-16,24H,4,6,9-10,17-20H2,1-3H3,(H,28,34). The second kappa shape index (κ2) is 12.9. The largest absolute Gasteiger partial charge is 0.325 e. The Bertz CT molecular complexity index is 1300. The highest BCUT2D eigenvalue weighted by atomic mass is 32.2. The molecule has 0 radical (unpaired) electrons. The summed E-state index contributed by atoms with van der Waals surface area (Å²) in [6.07, 6.45) is 3.72. The van der Waals surface area contributed by atoms with Crippen molar-refractivity contribution in [1.82, 2.24) is 24.0 Å². The van der Waals surface area contributed by atoms with E-state index in [1.165, 1.54) is 11.8 Å². The molecule has 9 nitrogen and oxygen atoms in total. The fraction of sp³-hybridized carbons (Fsp3) is 0.444. The third-order valence-electron chi connectivity index (χ3n) is 6.66. The van der Waals surface area contributed by atoms with Gasteiger partial charge in [0.25, 0.3) is 0 Å². The van der Waals surface area contributed by atoms with E-state index >= 15 is 0 Å². The number of piperidine rings is 1. The summed E-state index contributed by atoms with van der Waals surface area (Å²) in [5, 5.41) is 12.5. The number of carbonyl (C=O) groups excluding carboxylic acids is 1. The Labute approximate surface area is 229 Å². The highest BCUT2D eigenvalue weighted by Crippen LogP contribution is 2.27. The number of hydrogen-bond donors (Lipinski definition) is 1. The summed E-state index contributed by atoms with van der Waals surface area (Å²) in [4.78, 5) is 15.1. The van der Waals surface area contributed by atoms with E-state index in [9.17, 15) is 13.2 Å². The average Bonchev–Trinajstić information content (AvgIpc) is 3.31. The van der Waals surface area contributed by atoms with Gasteiger partial charge in [0, 0.05) is 18.8 Å². The molecule has 204 valence electrons. The van der Waals surface area contributed by atoms with Crippen molar-refractivity contribution in [3.8, 4) is 0 Å². The number of amides is 1. The van der Waals surface area contributed by atoms with E-state index in [1.807, 2.05) is 32.3 Å². The van der Waals surface area contributed by atoms with Gasteiger partial charge in [0.05, 0.1) is 23.2 Å². The molecule has 38 heavy (non-hydrogen) atoms. The summed E-state index contributed by atoms with van der Waals surface area (Å²) in [5.74, 6) is 0.825. The van der Waals surface area contributed by atoms with Crippen LogP contribution in [0.3, 0.4) is 0 Å². The van der Waals surface area contributed by atoms with Gasteiger partial charge in [-0.2, -0.15) is 4.31 Å². The normalized spacial score (nSPS) is 15.5. The molecule has 1 unspecified atom stereocenters. The lowest BCUT2D eigenvalue weighted by molar-refractivity contribution is -0.113. The molecular weight excluding hydrogens is 520 g/mol. The van der Waals surface area contributed by atoms with Gasteiger partial charge in [-0.3, -0.25) is 9.69 Å². The number of nitrogens with zero attached hydrogens (tertiary/aromatic N) is 5. The molecule has 11 heteroatoms. The van der Waals surface area contributed by atoms with Crippen molar-refractivity contribution in [3.05, 3.63) is 66.0 Å². The van der Waals surface area contributed by atoms with Crippen molar-refractivity contribution < 1.29 is 13.2 Å². The predicted molar refractivity (Wildman–Crippen MR) is 151 cm³/mol. The van der Waals surface area contributed by atoms with E-state index < -0.39 is 10.0 Å². The van der Waals surface area contributed by atoms with Gasteiger partial charge in [-0.05, 0) is 63.2 Å². The quantitative estimate of drug-likeness (QED) is 0.353. The van der Waals surface area contributed by atoms with Gasteiger partial charge < -0.3 is 9.88 Å². The summed E-state index contributed by atoms with van der Waals surface area (Å²) < 4.78 is 29.4. The smallest absolute Gasteiger partial charge is 0.243 e. The van der Waals surface area contributed by atoms with Crippen LogP contribution in [0.4, 0.5) is 5.69 Å². The monoisotopic (exact) mass is 556 g/mol. The van der Waals surface area contributed by atoms with Crippen LogP contribution in [0.15, 0.2) is 64.6 Å². The third kappa shape index (κ3) is 6.82. The average molecular weight is 557 g/mol. The molecule has 1 N–H and O–H groups in total. The zero-order chi connectivity index (χ0) is 27.1. The minimum Gasteiger partial charge on any atom is -0.325 e. The third-order valence-corrected chi connectivity index (χ3v) is 9.54. The molecule has 2 aromatic carbocycles. The molecule has 1 aliphatic heterocycles. The van der Waals surface area contributed by atoms with E-state index in [1.54, 1.807) is 28.6 Å². The molecule has 4 rings (SSSR count). The van der Waals surface area contributed by atoms with Crippen molar-refractivity contribution in [1.29, 1.82) is 0 Å². The zero-order valence-corrected chi connectivity index (χ0v) is 23.8. The Balaban J connectivity index is 1.42. The fourth-order valence-electron chi connectivity index (χ4n) is 4.64. The number of thioether (sulfide) groups is 1. The Morgan fingerprint density at radius 2 is 1.71 bits per heavy atom. The number of anilines is 1. The molecule has 1 aliphatic rings. The second-order valence-corrected chi connectivity index (χ2v) is 12.5. The molecule has 0 bridgehead atoms. The topological polar surface area (TPSA) is 100 Å². The van der Waals surface area contributed by atoms with Crippen molar-refractivity contribution in [2.24, 2.45) is 0 Å². The number of carbonyl (C=O) groups is 1. The lowest BCUT2D eigenvalue weighted by Gasteiger charge is -2.25. The van der Waals surface area contributed by atoms with Crippen LogP contribution in [0.25, 0.3) is 0 Å². The van der Waals surface area contributed by atoms with Gasteiger partial charge in [0.2, 0.25) is 15.9 Å². The number of benzene rings is 2. The SMILES string of the molecule is CCC(c1nnc(SCC(=O)Nc2ccc(S(=O)(=O)N3CCCCC3)cc2)n1Cc1ccccc1)N(C)C. The highest BCUT2D eigenvalue weighted by Gasteiger charge is 2.26. The van der Waals surface area contributed by atoms with Crippen molar-refractivity contribution in [2.45, 2.75) is 55.2 Å². The number of sulfonamides is 1. The summed E-state index contributed by atoms with van der Waals surface area (Å²) in [6, 6.07) is 16.6. The molecule has 1 saturated heterocycles. The minimum absolute atomic E-state index is 0.106. The molecule has 0 saturated carbocycles. The van der Waals surface area contributed by atoms with E-state index in [4.69, 9.17) is 0 Å². The summed E-state index contributed by atoms with van der Waals surface area (Å²) in [5.41, 5.74) is 1.69. The maximum Gasteiger partial charge on any atom is 0.243 e. The van der Waals surface area contributed by atoms with Gasteiger partial charge in [0.15, 0.2) is 11.0 Å². The molecular formula is C27H36N6O3S2. The van der Waals surface area contributed by atoms with Crippen LogP contribution in [0, 0.1) is 0 Å². The van der Waals surface area contributed by atoms with Crippen LogP contribution >= 0.6 is 11.8 Å². The number of aromatic nitrogens is 3. The second-order valence-electron chi connectivity index (χ2n) is 9.63. The maximum absolute atomic E-state index is 12.9. The van der Waals surface area contributed by atoms with Gasteiger partial charge in [0.1, 0.15) is 0 Å². The number of hydrogen-bond acceptors (Lipinski definition) is 7. The van der Waals surface area contributed by atoms with Crippen LogP contribution in [0.1, 0.15) is 50.0 Å². The zero-order valence-electron chi connectivity index (χ0n) is 22.2. The van der Waals surface area contributed by atoms with Crippen molar-refractivity contribution in [2.75, 3.05) is 38.3 Å². The van der Waals surface area contributed by atoms with Crippen molar-refractivity contribution >= 4 is 33.4 Å². The van der Waals surface area contributed by atoms with Crippen LogP contribution in [0.5, 0.6) is 0 Å².